The molecule has 0 spiro atoms. The van der Waals surface area contributed by atoms with Crippen LogP contribution in [-0.2, 0) is 0 Å². The summed E-state index contributed by atoms with van der Waals surface area (Å²) in [7, 11) is 0. The predicted octanol–water partition coefficient (Wildman–Crippen LogP) is 3.23. The summed E-state index contributed by atoms with van der Waals surface area (Å²) in [6.45, 7) is 1.17. The summed E-state index contributed by atoms with van der Waals surface area (Å²) in [4.78, 5) is 0. The van der Waals surface area contributed by atoms with Gasteiger partial charge >= 0.3 is 0 Å². The maximum Gasteiger partial charge on any atom is 0.0253 e. The smallest absolute Gasteiger partial charge is 0.0253 e. The van der Waals surface area contributed by atoms with Crippen LogP contribution in [0.3, 0.4) is 0 Å². The average molecular weight is 201 g/mol. The molecule has 1 heterocycles. The molecule has 1 aromatic rings. The number of hydrogen-bond donors (Lipinski definition) is 1. The van der Waals surface area contributed by atoms with Crippen LogP contribution in [0, 0.1) is 0 Å². The van der Waals surface area contributed by atoms with Crippen LogP contribution in [0.15, 0.2) is 36.4 Å². The Kier molecular flexibility index (Phi) is 3.98. The van der Waals surface area contributed by atoms with Gasteiger partial charge in [-0.2, -0.15) is 0 Å². The van der Waals surface area contributed by atoms with E-state index in [1.165, 1.54) is 37.8 Å². The molecule has 1 heteroatoms. The fourth-order valence-electron chi connectivity index (χ4n) is 2.01. The number of rotatable bonds is 2. The van der Waals surface area contributed by atoms with E-state index in [4.69, 9.17) is 0 Å². The highest BCUT2D eigenvalue weighted by molar-refractivity contribution is 5.49. The molecule has 80 valence electrons. The Morgan fingerprint density at radius 3 is 2.80 bits per heavy atom. The fraction of sp³-hybridized carbons (Fsp3) is 0.429. The first-order chi connectivity index (χ1) is 7.45. The van der Waals surface area contributed by atoms with E-state index in [0.717, 1.165) is 0 Å². The van der Waals surface area contributed by atoms with Crippen LogP contribution < -0.4 is 5.32 Å². The van der Waals surface area contributed by atoms with Crippen molar-refractivity contribution < 1.29 is 0 Å². The van der Waals surface area contributed by atoms with Crippen LogP contribution in [0.4, 0.5) is 0 Å². The maximum absolute atomic E-state index is 3.57. The number of hydrogen-bond acceptors (Lipinski definition) is 1. The SMILES string of the molecule is C(=C/[C@H]1CCCCCN1)/c1ccccc1. The van der Waals surface area contributed by atoms with Gasteiger partial charge in [0.15, 0.2) is 0 Å². The van der Waals surface area contributed by atoms with Gasteiger partial charge in [-0.15, -0.1) is 0 Å². The molecule has 0 unspecified atom stereocenters. The van der Waals surface area contributed by atoms with Crippen LogP contribution in [0.5, 0.6) is 0 Å². The summed E-state index contributed by atoms with van der Waals surface area (Å²) in [6.07, 6.45) is 9.88. The molecular weight excluding hydrogens is 182 g/mol. The highest BCUT2D eigenvalue weighted by atomic mass is 14.9. The van der Waals surface area contributed by atoms with Crippen molar-refractivity contribution in [2.75, 3.05) is 6.54 Å². The van der Waals surface area contributed by atoms with E-state index < -0.39 is 0 Å². The molecule has 1 fully saturated rings. The van der Waals surface area contributed by atoms with Crippen LogP contribution in [0.1, 0.15) is 31.2 Å². The van der Waals surface area contributed by atoms with Gasteiger partial charge in [0.25, 0.3) is 0 Å². The lowest BCUT2D eigenvalue weighted by molar-refractivity contribution is 0.599. The molecule has 1 aliphatic rings. The largest absolute Gasteiger partial charge is 0.311 e. The Morgan fingerprint density at radius 2 is 1.93 bits per heavy atom. The van der Waals surface area contributed by atoms with Gasteiger partial charge in [-0.05, 0) is 24.9 Å². The van der Waals surface area contributed by atoms with Gasteiger partial charge in [0.2, 0.25) is 0 Å². The molecule has 0 bridgehead atoms. The molecule has 1 saturated heterocycles. The van der Waals surface area contributed by atoms with E-state index in [2.05, 4.69) is 47.8 Å². The number of benzene rings is 1. The average Bonchev–Trinajstić information content (AvgIpc) is 2.56. The van der Waals surface area contributed by atoms with Gasteiger partial charge in [0.05, 0.1) is 0 Å². The van der Waals surface area contributed by atoms with Crippen LogP contribution >= 0.6 is 0 Å². The van der Waals surface area contributed by atoms with E-state index >= 15 is 0 Å². The van der Waals surface area contributed by atoms with Crippen molar-refractivity contribution in [3.8, 4) is 0 Å². The van der Waals surface area contributed by atoms with Gasteiger partial charge in [-0.25, -0.2) is 0 Å². The normalized spacial score (nSPS) is 22.8. The fourth-order valence-corrected chi connectivity index (χ4v) is 2.01. The minimum Gasteiger partial charge on any atom is -0.311 e. The van der Waals surface area contributed by atoms with Crippen molar-refractivity contribution in [2.45, 2.75) is 31.7 Å². The molecule has 1 aliphatic heterocycles. The first-order valence-electron chi connectivity index (χ1n) is 5.92. The maximum atomic E-state index is 3.57. The summed E-state index contributed by atoms with van der Waals surface area (Å²) in [5, 5.41) is 3.57. The van der Waals surface area contributed by atoms with E-state index in [0.29, 0.717) is 6.04 Å². The first-order valence-corrected chi connectivity index (χ1v) is 5.92. The molecule has 2 rings (SSSR count). The van der Waals surface area contributed by atoms with Gasteiger partial charge in [-0.3, -0.25) is 0 Å². The van der Waals surface area contributed by atoms with Gasteiger partial charge < -0.3 is 5.32 Å². The minimum atomic E-state index is 0.577. The Morgan fingerprint density at radius 1 is 1.07 bits per heavy atom. The van der Waals surface area contributed by atoms with Crippen molar-refractivity contribution in [1.82, 2.24) is 5.32 Å². The highest BCUT2D eigenvalue weighted by Gasteiger charge is 2.06. The summed E-state index contributed by atoms with van der Waals surface area (Å²) < 4.78 is 0. The van der Waals surface area contributed by atoms with E-state index in [-0.39, 0.29) is 0 Å². The quantitative estimate of drug-likeness (QED) is 0.774. The molecule has 1 N–H and O–H groups in total. The monoisotopic (exact) mass is 201 g/mol. The summed E-state index contributed by atoms with van der Waals surface area (Å²) in [6, 6.07) is 11.1. The lowest BCUT2D eigenvalue weighted by Crippen LogP contribution is -2.25. The van der Waals surface area contributed by atoms with Gasteiger partial charge in [-0.1, -0.05) is 55.3 Å². The third kappa shape index (κ3) is 3.52. The molecule has 15 heavy (non-hydrogen) atoms. The third-order valence-electron chi connectivity index (χ3n) is 2.92. The van der Waals surface area contributed by atoms with Crippen molar-refractivity contribution in [3.05, 3.63) is 42.0 Å². The Labute approximate surface area is 92.2 Å². The zero-order chi connectivity index (χ0) is 10.3. The minimum absolute atomic E-state index is 0.577. The lowest BCUT2D eigenvalue weighted by atomic mass is 10.1. The zero-order valence-electron chi connectivity index (χ0n) is 9.15. The van der Waals surface area contributed by atoms with Gasteiger partial charge in [0.1, 0.15) is 0 Å². The summed E-state index contributed by atoms with van der Waals surface area (Å²) in [5.41, 5.74) is 1.29. The molecule has 0 aliphatic carbocycles. The Bertz CT molecular complexity index is 294. The second-order valence-electron chi connectivity index (χ2n) is 4.18. The molecule has 1 nitrogen and oxygen atoms in total. The first kappa shape index (κ1) is 10.4. The van der Waals surface area contributed by atoms with Crippen LogP contribution in [-0.4, -0.2) is 12.6 Å². The summed E-state index contributed by atoms with van der Waals surface area (Å²) >= 11 is 0. The van der Waals surface area contributed by atoms with Crippen LogP contribution in [0.25, 0.3) is 6.08 Å². The molecule has 1 aromatic carbocycles. The molecule has 0 amide bonds. The van der Waals surface area contributed by atoms with Crippen molar-refractivity contribution in [2.24, 2.45) is 0 Å². The van der Waals surface area contributed by atoms with Crippen LogP contribution in [0.2, 0.25) is 0 Å². The molecule has 1 atom stereocenters. The van der Waals surface area contributed by atoms with E-state index in [1.807, 2.05) is 0 Å². The van der Waals surface area contributed by atoms with Crippen molar-refractivity contribution >= 4 is 6.08 Å². The lowest BCUT2D eigenvalue weighted by Gasteiger charge is -2.09. The van der Waals surface area contributed by atoms with Crippen molar-refractivity contribution in [3.63, 3.8) is 0 Å². The highest BCUT2D eigenvalue weighted by Crippen LogP contribution is 2.11. The second-order valence-corrected chi connectivity index (χ2v) is 4.18. The molecule has 0 saturated carbocycles. The van der Waals surface area contributed by atoms with Crippen molar-refractivity contribution in [1.29, 1.82) is 0 Å². The topological polar surface area (TPSA) is 12.0 Å². The molecule has 0 aromatic heterocycles. The molecule has 0 radical (unpaired) electrons. The van der Waals surface area contributed by atoms with E-state index in [9.17, 15) is 0 Å². The predicted molar refractivity (Wildman–Crippen MR) is 65.7 cm³/mol. The zero-order valence-corrected chi connectivity index (χ0v) is 9.15. The third-order valence-corrected chi connectivity index (χ3v) is 2.92. The van der Waals surface area contributed by atoms with E-state index in [1.54, 1.807) is 0 Å². The Balaban J connectivity index is 1.92. The van der Waals surface area contributed by atoms with Gasteiger partial charge in [0, 0.05) is 6.04 Å². The standard InChI is InChI=1S/C14H19N/c1-3-7-13(8-4-1)10-11-14-9-5-2-6-12-15-14/h1,3-4,7-8,10-11,14-15H,2,5-6,9,12H2/b11-10-/t14-/m1/s1. The molecular formula is C14H19N. The Hall–Kier alpha value is -1.08. The second kappa shape index (κ2) is 5.72. The summed E-state index contributed by atoms with van der Waals surface area (Å²) in [5.74, 6) is 0. The number of nitrogens with one attached hydrogen (secondary N) is 1.